The van der Waals surface area contributed by atoms with E-state index in [4.69, 9.17) is 4.74 Å². The SMILES string of the molecule is O=C(COc1ccc([N+](=O)[O-])cc1[N+](=O)[O-])N1CCN(c2ccccc2)CC1. The van der Waals surface area contributed by atoms with Crippen molar-refractivity contribution < 1.29 is 19.4 Å². The molecule has 28 heavy (non-hydrogen) atoms. The molecule has 1 saturated heterocycles. The summed E-state index contributed by atoms with van der Waals surface area (Å²) < 4.78 is 5.29. The minimum atomic E-state index is -0.772. The van der Waals surface area contributed by atoms with Crippen LogP contribution in [0.3, 0.4) is 0 Å². The van der Waals surface area contributed by atoms with Crippen molar-refractivity contribution in [3.05, 3.63) is 68.8 Å². The highest BCUT2D eigenvalue weighted by atomic mass is 16.6. The molecular weight excluding hydrogens is 368 g/mol. The van der Waals surface area contributed by atoms with Crippen molar-refractivity contribution in [2.24, 2.45) is 0 Å². The molecule has 1 heterocycles. The fourth-order valence-electron chi connectivity index (χ4n) is 2.97. The van der Waals surface area contributed by atoms with Crippen molar-refractivity contribution in [2.75, 3.05) is 37.7 Å². The van der Waals surface area contributed by atoms with Crippen LogP contribution in [-0.4, -0.2) is 53.4 Å². The van der Waals surface area contributed by atoms with Crippen molar-refractivity contribution in [3.63, 3.8) is 0 Å². The highest BCUT2D eigenvalue weighted by molar-refractivity contribution is 5.78. The van der Waals surface area contributed by atoms with Crippen LogP contribution in [0.25, 0.3) is 0 Å². The molecule has 0 saturated carbocycles. The van der Waals surface area contributed by atoms with Gasteiger partial charge < -0.3 is 14.5 Å². The lowest BCUT2D eigenvalue weighted by Gasteiger charge is -2.36. The number of amides is 1. The Hall–Kier alpha value is -3.69. The van der Waals surface area contributed by atoms with E-state index in [0.29, 0.717) is 26.2 Å². The molecule has 0 radical (unpaired) electrons. The van der Waals surface area contributed by atoms with Gasteiger partial charge in [0.25, 0.3) is 11.6 Å². The van der Waals surface area contributed by atoms with Crippen LogP contribution < -0.4 is 9.64 Å². The monoisotopic (exact) mass is 386 g/mol. The van der Waals surface area contributed by atoms with Crippen LogP contribution in [0.2, 0.25) is 0 Å². The number of para-hydroxylation sites is 1. The fourth-order valence-corrected chi connectivity index (χ4v) is 2.97. The van der Waals surface area contributed by atoms with Gasteiger partial charge in [-0.3, -0.25) is 25.0 Å². The van der Waals surface area contributed by atoms with Gasteiger partial charge in [-0.25, -0.2) is 0 Å². The van der Waals surface area contributed by atoms with Crippen molar-refractivity contribution in [1.82, 2.24) is 4.90 Å². The maximum absolute atomic E-state index is 12.4. The number of carbonyl (C=O) groups is 1. The number of hydrogen-bond donors (Lipinski definition) is 0. The first-order valence-corrected chi connectivity index (χ1v) is 8.59. The average molecular weight is 386 g/mol. The second-order valence-electron chi connectivity index (χ2n) is 6.16. The van der Waals surface area contributed by atoms with Crippen LogP contribution in [-0.2, 0) is 4.79 Å². The first-order chi connectivity index (χ1) is 13.5. The normalized spacial score (nSPS) is 13.9. The van der Waals surface area contributed by atoms with Crippen molar-refractivity contribution in [1.29, 1.82) is 0 Å². The van der Waals surface area contributed by atoms with Gasteiger partial charge in [0.05, 0.1) is 15.9 Å². The molecule has 10 nitrogen and oxygen atoms in total. The van der Waals surface area contributed by atoms with Gasteiger partial charge in [-0.05, 0) is 18.2 Å². The smallest absolute Gasteiger partial charge is 0.317 e. The Morgan fingerprint density at radius 2 is 1.64 bits per heavy atom. The van der Waals surface area contributed by atoms with Crippen LogP contribution in [0, 0.1) is 20.2 Å². The van der Waals surface area contributed by atoms with E-state index in [2.05, 4.69) is 4.90 Å². The maximum atomic E-state index is 12.4. The van der Waals surface area contributed by atoms with Gasteiger partial charge in [-0.2, -0.15) is 0 Å². The van der Waals surface area contributed by atoms with Gasteiger partial charge in [-0.1, -0.05) is 18.2 Å². The zero-order valence-electron chi connectivity index (χ0n) is 14.9. The first-order valence-electron chi connectivity index (χ1n) is 8.59. The van der Waals surface area contributed by atoms with Crippen LogP contribution >= 0.6 is 0 Å². The lowest BCUT2D eigenvalue weighted by Crippen LogP contribution is -2.50. The molecule has 3 rings (SSSR count). The molecule has 1 aliphatic rings. The molecule has 1 amide bonds. The number of hydrogen-bond acceptors (Lipinski definition) is 7. The number of ether oxygens (including phenoxy) is 1. The van der Waals surface area contributed by atoms with Crippen molar-refractivity contribution in [3.8, 4) is 5.75 Å². The summed E-state index contributed by atoms with van der Waals surface area (Å²) >= 11 is 0. The van der Waals surface area contributed by atoms with Gasteiger partial charge in [0, 0.05) is 37.9 Å². The molecule has 2 aromatic rings. The zero-order chi connectivity index (χ0) is 20.1. The third-order valence-corrected chi connectivity index (χ3v) is 4.45. The summed E-state index contributed by atoms with van der Waals surface area (Å²) in [4.78, 5) is 36.6. The molecule has 1 fully saturated rings. The van der Waals surface area contributed by atoms with Crippen molar-refractivity contribution in [2.45, 2.75) is 0 Å². The van der Waals surface area contributed by atoms with Gasteiger partial charge in [0.1, 0.15) is 0 Å². The number of benzene rings is 2. The summed E-state index contributed by atoms with van der Waals surface area (Å²) in [6, 6.07) is 12.9. The van der Waals surface area contributed by atoms with Crippen molar-refractivity contribution >= 4 is 23.0 Å². The lowest BCUT2D eigenvalue weighted by molar-refractivity contribution is -0.394. The van der Waals surface area contributed by atoms with E-state index in [1.807, 2.05) is 30.3 Å². The van der Waals surface area contributed by atoms with Gasteiger partial charge in [0.15, 0.2) is 12.4 Å². The molecule has 0 aliphatic carbocycles. The Morgan fingerprint density at radius 3 is 2.25 bits per heavy atom. The summed E-state index contributed by atoms with van der Waals surface area (Å²) in [5.41, 5.74) is 0.130. The summed E-state index contributed by atoms with van der Waals surface area (Å²) in [5.74, 6) is -0.466. The summed E-state index contributed by atoms with van der Waals surface area (Å²) in [6.07, 6.45) is 0. The number of nitro groups is 2. The molecule has 0 aromatic heterocycles. The van der Waals surface area contributed by atoms with E-state index in [1.54, 1.807) is 4.90 Å². The second-order valence-corrected chi connectivity index (χ2v) is 6.16. The first kappa shape index (κ1) is 19.1. The van der Waals surface area contributed by atoms with E-state index < -0.39 is 21.2 Å². The third kappa shape index (κ3) is 4.34. The number of nitro benzene ring substituents is 2. The van der Waals surface area contributed by atoms with E-state index >= 15 is 0 Å². The van der Waals surface area contributed by atoms with Crippen LogP contribution in [0.1, 0.15) is 0 Å². The van der Waals surface area contributed by atoms with E-state index in [9.17, 15) is 25.0 Å². The van der Waals surface area contributed by atoms with Gasteiger partial charge in [0.2, 0.25) is 0 Å². The van der Waals surface area contributed by atoms with Gasteiger partial charge in [-0.15, -0.1) is 0 Å². The predicted molar refractivity (Wildman–Crippen MR) is 100 cm³/mol. The van der Waals surface area contributed by atoms with Crippen LogP contribution in [0.15, 0.2) is 48.5 Å². The topological polar surface area (TPSA) is 119 Å². The predicted octanol–water partition coefficient (Wildman–Crippen LogP) is 2.23. The number of piperazine rings is 1. The standard InChI is InChI=1S/C18H18N4O6/c23-18(20-10-8-19(9-11-20)14-4-2-1-3-5-14)13-28-17-7-6-15(21(24)25)12-16(17)22(26)27/h1-7,12H,8-11,13H2. The Morgan fingerprint density at radius 1 is 0.964 bits per heavy atom. The highest BCUT2D eigenvalue weighted by Gasteiger charge is 2.24. The molecular formula is C18H18N4O6. The molecule has 0 atom stereocenters. The summed E-state index contributed by atoms with van der Waals surface area (Å²) in [7, 11) is 0. The molecule has 0 bridgehead atoms. The largest absolute Gasteiger partial charge is 0.477 e. The van der Waals surface area contributed by atoms with Crippen LogP contribution in [0.4, 0.5) is 17.1 Å². The zero-order valence-corrected chi connectivity index (χ0v) is 14.9. The average Bonchev–Trinajstić information content (AvgIpc) is 2.72. The molecule has 10 heteroatoms. The minimum Gasteiger partial charge on any atom is -0.477 e. The summed E-state index contributed by atoms with van der Waals surface area (Å²) in [5, 5.41) is 21.9. The van der Waals surface area contributed by atoms with Crippen LogP contribution in [0.5, 0.6) is 5.75 Å². The Kier molecular flexibility index (Phi) is 5.68. The fraction of sp³-hybridized carbons (Fsp3) is 0.278. The van der Waals surface area contributed by atoms with E-state index in [0.717, 1.165) is 23.9 Å². The number of nitrogens with zero attached hydrogens (tertiary/aromatic N) is 4. The Bertz CT molecular complexity index is 881. The number of rotatable bonds is 6. The lowest BCUT2D eigenvalue weighted by atomic mass is 10.2. The van der Waals surface area contributed by atoms with Gasteiger partial charge >= 0.3 is 5.69 Å². The quantitative estimate of drug-likeness (QED) is 0.551. The highest BCUT2D eigenvalue weighted by Crippen LogP contribution is 2.31. The summed E-state index contributed by atoms with van der Waals surface area (Å²) in [6.45, 7) is 2.00. The Labute approximate surface area is 160 Å². The molecule has 0 unspecified atom stereocenters. The van der Waals surface area contributed by atoms with E-state index in [-0.39, 0.29) is 18.3 Å². The Balaban J connectivity index is 1.58. The minimum absolute atomic E-state index is 0.174. The second kappa shape index (κ2) is 8.33. The number of non-ortho nitro benzene ring substituents is 1. The molecule has 0 spiro atoms. The number of carbonyl (C=O) groups excluding carboxylic acids is 1. The molecule has 2 aromatic carbocycles. The third-order valence-electron chi connectivity index (χ3n) is 4.45. The molecule has 146 valence electrons. The van der Waals surface area contributed by atoms with E-state index in [1.165, 1.54) is 0 Å². The molecule has 0 N–H and O–H groups in total. The number of anilines is 1. The maximum Gasteiger partial charge on any atom is 0.317 e. The molecule has 1 aliphatic heterocycles.